The minimum absolute atomic E-state index is 0.0456. The highest BCUT2D eigenvalue weighted by Gasteiger charge is 2.34. The topological polar surface area (TPSA) is 187 Å². The third kappa shape index (κ3) is 9.22. The maximum absolute atomic E-state index is 15.3. The van der Waals surface area contributed by atoms with Crippen LogP contribution >= 0.6 is 15.9 Å². The van der Waals surface area contributed by atoms with Crippen LogP contribution in [0.2, 0.25) is 0 Å². The summed E-state index contributed by atoms with van der Waals surface area (Å²) in [6.45, 7) is 6.52. The van der Waals surface area contributed by atoms with E-state index in [4.69, 9.17) is 9.72 Å². The number of anilines is 7. The van der Waals surface area contributed by atoms with Crippen molar-refractivity contribution in [3.8, 4) is 5.75 Å². The molecule has 326 valence electrons. The fourth-order valence-electron chi connectivity index (χ4n) is 8.52. The standard InChI is InChI=1S/C42H46BrF2N11O5S/c1-4-24-19-33(50-42-48-23-28(43)40(52-42)49-32-7-6-31-38(47-12-11-46-31)39(32)53-62(3,59)60)35(61-2)22-34(24)56-13-9-25(10-14-56)54-15-17-55(18-16-54)26-20-29(44)37(30(45)21-26)27-5-8-36(57)51-41(27)58/h6-7,11-12,19-23,25,27,53H,4-5,8-10,13-18H2,1-3H3,(H,51,57,58)(H2,48,49,50,52). The number of piperazine rings is 1. The Labute approximate surface area is 366 Å². The van der Waals surface area contributed by atoms with Crippen LogP contribution in [0, 0.1) is 11.6 Å². The second-order valence-corrected chi connectivity index (χ2v) is 18.1. The van der Waals surface area contributed by atoms with Crippen molar-refractivity contribution in [3.05, 3.63) is 82.2 Å². The van der Waals surface area contributed by atoms with E-state index < -0.39 is 39.4 Å². The molecule has 5 heterocycles. The summed E-state index contributed by atoms with van der Waals surface area (Å²) in [5.41, 5.74) is 4.60. The quantitative estimate of drug-likeness (QED) is 0.104. The number of imide groups is 1. The summed E-state index contributed by atoms with van der Waals surface area (Å²) in [5, 5.41) is 8.72. The van der Waals surface area contributed by atoms with Crippen molar-refractivity contribution < 1.29 is 31.5 Å². The van der Waals surface area contributed by atoms with Crippen LogP contribution in [-0.4, -0.2) is 104 Å². The number of sulfonamides is 1. The number of nitrogens with one attached hydrogen (secondary N) is 4. The zero-order valence-corrected chi connectivity index (χ0v) is 36.7. The predicted molar refractivity (Wildman–Crippen MR) is 237 cm³/mol. The van der Waals surface area contributed by atoms with Gasteiger partial charge in [0.05, 0.1) is 46.3 Å². The zero-order chi connectivity index (χ0) is 43.7. The van der Waals surface area contributed by atoms with Gasteiger partial charge in [0.15, 0.2) is 0 Å². The van der Waals surface area contributed by atoms with E-state index in [0.717, 1.165) is 62.9 Å². The fraction of sp³-hybridized carbons (Fsp3) is 0.381. The molecule has 1 atom stereocenters. The Morgan fingerprint density at radius 2 is 1.63 bits per heavy atom. The molecule has 5 aromatic rings. The summed E-state index contributed by atoms with van der Waals surface area (Å²) in [5.74, 6) is -2.39. The third-order valence-electron chi connectivity index (χ3n) is 11.6. The Balaban J connectivity index is 0.912. The molecule has 0 bridgehead atoms. The summed E-state index contributed by atoms with van der Waals surface area (Å²) in [7, 11) is -2.05. The Bertz CT molecular complexity index is 2620. The van der Waals surface area contributed by atoms with Crippen molar-refractivity contribution in [3.63, 3.8) is 0 Å². The molecule has 2 aromatic heterocycles. The number of fused-ring (bicyclic) bond motifs is 1. The Kier molecular flexibility index (Phi) is 12.4. The van der Waals surface area contributed by atoms with Crippen LogP contribution in [0.1, 0.15) is 49.7 Å². The largest absolute Gasteiger partial charge is 0.494 e. The molecule has 16 nitrogen and oxygen atoms in total. The van der Waals surface area contributed by atoms with Gasteiger partial charge in [0, 0.05) is 93.3 Å². The van der Waals surface area contributed by atoms with Gasteiger partial charge in [0.2, 0.25) is 27.8 Å². The lowest BCUT2D eigenvalue weighted by atomic mass is 9.89. The van der Waals surface area contributed by atoms with Gasteiger partial charge < -0.3 is 25.2 Å². The summed E-state index contributed by atoms with van der Waals surface area (Å²) in [6.07, 6.45) is 8.47. The van der Waals surface area contributed by atoms with E-state index in [9.17, 15) is 18.0 Å². The van der Waals surface area contributed by atoms with Crippen molar-refractivity contribution in [2.75, 3.05) is 77.8 Å². The van der Waals surface area contributed by atoms with Gasteiger partial charge in [-0.2, -0.15) is 4.98 Å². The van der Waals surface area contributed by atoms with Gasteiger partial charge in [-0.25, -0.2) is 22.2 Å². The number of aromatic nitrogens is 4. The highest BCUT2D eigenvalue weighted by Crippen LogP contribution is 2.39. The van der Waals surface area contributed by atoms with Crippen LogP contribution in [0.25, 0.3) is 11.0 Å². The summed E-state index contributed by atoms with van der Waals surface area (Å²) >= 11 is 3.52. The fourth-order valence-corrected chi connectivity index (χ4v) is 9.39. The highest BCUT2D eigenvalue weighted by atomic mass is 79.9. The van der Waals surface area contributed by atoms with Crippen LogP contribution in [0.4, 0.5) is 49.0 Å². The van der Waals surface area contributed by atoms with Crippen LogP contribution in [-0.2, 0) is 26.0 Å². The molecule has 62 heavy (non-hydrogen) atoms. The lowest BCUT2D eigenvalue weighted by Gasteiger charge is -2.44. The van der Waals surface area contributed by atoms with Gasteiger partial charge >= 0.3 is 0 Å². The minimum Gasteiger partial charge on any atom is -0.494 e. The average Bonchev–Trinajstić information content (AvgIpc) is 3.25. The summed E-state index contributed by atoms with van der Waals surface area (Å²) in [4.78, 5) is 48.6. The van der Waals surface area contributed by atoms with E-state index >= 15 is 8.78 Å². The monoisotopic (exact) mass is 933 g/mol. The predicted octanol–water partition coefficient (Wildman–Crippen LogP) is 6.20. The lowest BCUT2D eigenvalue weighted by molar-refractivity contribution is -0.134. The minimum atomic E-state index is -3.66. The van der Waals surface area contributed by atoms with E-state index in [2.05, 4.69) is 74.3 Å². The molecule has 1 unspecified atom stereocenters. The first-order valence-electron chi connectivity index (χ1n) is 20.3. The first-order valence-corrected chi connectivity index (χ1v) is 23.0. The Morgan fingerprint density at radius 1 is 0.903 bits per heavy atom. The molecule has 0 aliphatic carbocycles. The number of halogens is 3. The van der Waals surface area contributed by atoms with E-state index in [1.165, 1.54) is 24.5 Å². The number of amides is 2. The Morgan fingerprint density at radius 3 is 2.31 bits per heavy atom. The smallest absolute Gasteiger partial charge is 0.234 e. The van der Waals surface area contributed by atoms with Gasteiger partial charge in [0.25, 0.3) is 0 Å². The number of piperidine rings is 2. The van der Waals surface area contributed by atoms with Gasteiger partial charge in [0.1, 0.15) is 28.7 Å². The van der Waals surface area contributed by atoms with Crippen LogP contribution < -0.4 is 35.2 Å². The maximum atomic E-state index is 15.3. The van der Waals surface area contributed by atoms with Gasteiger partial charge in [-0.3, -0.25) is 34.5 Å². The van der Waals surface area contributed by atoms with E-state index in [-0.39, 0.29) is 30.0 Å². The number of rotatable bonds is 12. The molecule has 4 N–H and O–H groups in total. The number of carbonyl (C=O) groups excluding carboxylic acids is 2. The molecule has 0 saturated carbocycles. The second kappa shape index (κ2) is 17.9. The highest BCUT2D eigenvalue weighted by molar-refractivity contribution is 9.10. The molecule has 8 rings (SSSR count). The number of benzene rings is 3. The van der Waals surface area contributed by atoms with Gasteiger partial charge in [-0.05, 0) is 77.5 Å². The number of methoxy groups -OCH3 is 1. The number of hydrogen-bond donors (Lipinski definition) is 4. The molecular formula is C42H46BrF2N11O5S. The molecule has 0 spiro atoms. The van der Waals surface area contributed by atoms with Gasteiger partial charge in [-0.1, -0.05) is 6.92 Å². The van der Waals surface area contributed by atoms with Crippen molar-refractivity contribution >= 4 is 89.0 Å². The molecule has 3 aromatic carbocycles. The SMILES string of the molecule is CCc1cc(Nc2ncc(Br)c(Nc3ccc4nccnc4c3NS(C)(=O)=O)n2)c(OC)cc1N1CCC(N2CCN(c3cc(F)c(C4CCC(=O)NC4=O)c(F)c3)CC2)CC1. The lowest BCUT2D eigenvalue weighted by Crippen LogP contribution is -2.53. The summed E-state index contributed by atoms with van der Waals surface area (Å²) < 4.78 is 64.2. The van der Waals surface area contributed by atoms with Crippen molar-refractivity contribution in [2.24, 2.45) is 0 Å². The molecule has 2 amide bonds. The molecule has 3 saturated heterocycles. The van der Waals surface area contributed by atoms with E-state index in [0.29, 0.717) is 63.3 Å². The zero-order valence-electron chi connectivity index (χ0n) is 34.3. The van der Waals surface area contributed by atoms with Crippen LogP contribution in [0.5, 0.6) is 5.75 Å². The molecule has 20 heteroatoms. The number of carbonyl (C=O) groups is 2. The molecular weight excluding hydrogens is 889 g/mol. The van der Waals surface area contributed by atoms with Crippen LogP contribution in [0.3, 0.4) is 0 Å². The number of hydrogen-bond acceptors (Lipinski definition) is 14. The molecule has 0 radical (unpaired) electrons. The van der Waals surface area contributed by atoms with Gasteiger partial charge in [-0.15, -0.1) is 0 Å². The van der Waals surface area contributed by atoms with Crippen molar-refractivity contribution in [2.45, 2.75) is 51.0 Å². The molecule has 3 aliphatic rings. The van der Waals surface area contributed by atoms with E-state index in [1.807, 2.05) is 11.0 Å². The summed E-state index contributed by atoms with van der Waals surface area (Å²) in [6, 6.07) is 10.5. The maximum Gasteiger partial charge on any atom is 0.234 e. The average molecular weight is 935 g/mol. The first kappa shape index (κ1) is 42.9. The Hall–Kier alpha value is -5.73. The van der Waals surface area contributed by atoms with Crippen molar-refractivity contribution in [1.82, 2.24) is 30.2 Å². The molecule has 3 fully saturated rings. The normalized spacial score (nSPS) is 17.9. The number of nitrogens with zero attached hydrogens (tertiary/aromatic N) is 7. The molecule has 3 aliphatic heterocycles. The van der Waals surface area contributed by atoms with E-state index in [1.54, 1.807) is 25.4 Å². The third-order valence-corrected chi connectivity index (χ3v) is 12.8. The second-order valence-electron chi connectivity index (χ2n) is 15.5. The van der Waals surface area contributed by atoms with Crippen molar-refractivity contribution in [1.29, 1.82) is 0 Å². The number of ether oxygens (including phenoxy) is 1. The van der Waals surface area contributed by atoms with Crippen LogP contribution in [0.15, 0.2) is 59.5 Å². The first-order chi connectivity index (χ1) is 29.8. The number of aryl methyl sites for hydroxylation is 1.